The summed E-state index contributed by atoms with van der Waals surface area (Å²) in [5.41, 5.74) is 1.61. The van der Waals surface area contributed by atoms with Crippen molar-refractivity contribution < 1.29 is 13.2 Å². The maximum atomic E-state index is 13.7. The molecule has 3 aromatic carbocycles. The summed E-state index contributed by atoms with van der Waals surface area (Å²) in [5, 5.41) is 1.83. The Balaban J connectivity index is 1.74. The van der Waals surface area contributed by atoms with E-state index in [4.69, 9.17) is 0 Å². The minimum absolute atomic E-state index is 0.0360. The van der Waals surface area contributed by atoms with E-state index in [1.165, 1.54) is 27.8 Å². The average molecular weight is 464 g/mol. The smallest absolute Gasteiger partial charge is 0.279 e. The van der Waals surface area contributed by atoms with Gasteiger partial charge in [0.1, 0.15) is 0 Å². The molecule has 0 bridgehead atoms. The number of anilines is 1. The zero-order valence-electron chi connectivity index (χ0n) is 17.3. The summed E-state index contributed by atoms with van der Waals surface area (Å²) in [7, 11) is -2.15. The van der Waals surface area contributed by atoms with Crippen LogP contribution in [0.2, 0.25) is 0 Å². The van der Waals surface area contributed by atoms with E-state index in [9.17, 15) is 13.2 Å². The Hall–Kier alpha value is -3.49. The predicted octanol–water partition coefficient (Wildman–Crippen LogP) is 4.22. The fourth-order valence-electron chi connectivity index (χ4n) is 3.16. The highest BCUT2D eigenvalue weighted by atomic mass is 32.2. The maximum absolute atomic E-state index is 13.7. The SMILES string of the molecule is Cn1ccsc1=NC(=O)c1cccc(S(=O)(=O)N(Cc2ccccc2)c2ccccc2)c1. The summed E-state index contributed by atoms with van der Waals surface area (Å²) in [6.07, 6.45) is 1.80. The molecule has 1 aromatic heterocycles. The van der Waals surface area contributed by atoms with Gasteiger partial charge in [0.15, 0.2) is 4.80 Å². The van der Waals surface area contributed by atoms with Crippen LogP contribution in [0.5, 0.6) is 0 Å². The number of aryl methyl sites for hydroxylation is 1. The third-order valence-electron chi connectivity index (χ3n) is 4.84. The Labute approximate surface area is 190 Å². The second-order valence-electron chi connectivity index (χ2n) is 7.07. The molecule has 6 nitrogen and oxygen atoms in total. The van der Waals surface area contributed by atoms with Gasteiger partial charge >= 0.3 is 0 Å². The number of aromatic nitrogens is 1. The van der Waals surface area contributed by atoms with Gasteiger partial charge in [-0.25, -0.2) is 8.42 Å². The van der Waals surface area contributed by atoms with Crippen LogP contribution < -0.4 is 9.11 Å². The minimum Gasteiger partial charge on any atom is -0.327 e. The van der Waals surface area contributed by atoms with Crippen LogP contribution in [0.4, 0.5) is 5.69 Å². The summed E-state index contributed by atoms with van der Waals surface area (Å²) in [6.45, 7) is 0.167. The van der Waals surface area contributed by atoms with E-state index in [1.807, 2.05) is 41.8 Å². The molecule has 162 valence electrons. The van der Waals surface area contributed by atoms with Crippen LogP contribution in [-0.2, 0) is 23.6 Å². The van der Waals surface area contributed by atoms with E-state index in [2.05, 4.69) is 4.99 Å². The second-order valence-corrected chi connectivity index (χ2v) is 9.81. The Morgan fingerprint density at radius 1 is 0.969 bits per heavy atom. The van der Waals surface area contributed by atoms with Crippen LogP contribution in [0.25, 0.3) is 0 Å². The fourth-order valence-corrected chi connectivity index (χ4v) is 5.39. The highest BCUT2D eigenvalue weighted by molar-refractivity contribution is 7.92. The van der Waals surface area contributed by atoms with Gasteiger partial charge in [-0.2, -0.15) is 4.99 Å². The first kappa shape index (κ1) is 21.7. The maximum Gasteiger partial charge on any atom is 0.279 e. The quantitative estimate of drug-likeness (QED) is 0.430. The third kappa shape index (κ3) is 4.71. The lowest BCUT2D eigenvalue weighted by atomic mass is 10.2. The van der Waals surface area contributed by atoms with Crippen molar-refractivity contribution in [2.75, 3.05) is 4.31 Å². The lowest BCUT2D eigenvalue weighted by molar-refractivity contribution is 0.0997. The molecule has 0 radical (unpaired) electrons. The van der Waals surface area contributed by atoms with Crippen LogP contribution in [0, 0.1) is 0 Å². The van der Waals surface area contributed by atoms with Gasteiger partial charge in [0.2, 0.25) is 0 Å². The molecule has 0 aliphatic heterocycles. The van der Waals surface area contributed by atoms with Crippen molar-refractivity contribution in [2.24, 2.45) is 12.0 Å². The zero-order valence-corrected chi connectivity index (χ0v) is 19.0. The van der Waals surface area contributed by atoms with E-state index < -0.39 is 15.9 Å². The minimum atomic E-state index is -3.94. The van der Waals surface area contributed by atoms with Crippen molar-refractivity contribution >= 4 is 33.0 Å². The zero-order chi connectivity index (χ0) is 22.6. The van der Waals surface area contributed by atoms with E-state index in [0.29, 0.717) is 10.5 Å². The summed E-state index contributed by atoms with van der Waals surface area (Å²) in [5.74, 6) is -0.491. The van der Waals surface area contributed by atoms with Crippen LogP contribution in [0.3, 0.4) is 0 Å². The number of thiazole rings is 1. The first-order chi connectivity index (χ1) is 15.4. The molecule has 4 rings (SSSR count). The van der Waals surface area contributed by atoms with E-state index in [1.54, 1.807) is 54.2 Å². The molecule has 0 spiro atoms. The van der Waals surface area contributed by atoms with Crippen LogP contribution >= 0.6 is 11.3 Å². The van der Waals surface area contributed by atoms with Crippen LogP contribution in [-0.4, -0.2) is 18.9 Å². The topological polar surface area (TPSA) is 71.7 Å². The number of sulfonamides is 1. The molecule has 0 saturated heterocycles. The molecule has 0 aliphatic rings. The van der Waals surface area contributed by atoms with Gasteiger partial charge in [0.25, 0.3) is 15.9 Å². The van der Waals surface area contributed by atoms with Crippen molar-refractivity contribution in [2.45, 2.75) is 11.4 Å². The number of nitrogens with zero attached hydrogens (tertiary/aromatic N) is 3. The van der Waals surface area contributed by atoms with Gasteiger partial charge in [-0.1, -0.05) is 54.6 Å². The molecule has 0 saturated carbocycles. The Morgan fingerprint density at radius 2 is 1.66 bits per heavy atom. The molecular formula is C24H21N3O3S2. The number of rotatable bonds is 6. The molecule has 0 N–H and O–H groups in total. The highest BCUT2D eigenvalue weighted by Crippen LogP contribution is 2.26. The number of hydrogen-bond donors (Lipinski definition) is 0. The average Bonchev–Trinajstić information content (AvgIpc) is 3.23. The number of benzene rings is 3. The third-order valence-corrected chi connectivity index (χ3v) is 7.46. The van der Waals surface area contributed by atoms with Crippen LogP contribution in [0.15, 0.2) is 106 Å². The Bertz CT molecular complexity index is 1390. The molecule has 0 fully saturated rings. The number of para-hydroxylation sites is 1. The van der Waals surface area contributed by atoms with E-state index in [-0.39, 0.29) is 17.0 Å². The number of carbonyl (C=O) groups excluding carboxylic acids is 1. The number of amides is 1. The van der Waals surface area contributed by atoms with Gasteiger partial charge in [0.05, 0.1) is 17.1 Å². The first-order valence-electron chi connectivity index (χ1n) is 9.86. The summed E-state index contributed by atoms with van der Waals surface area (Å²) in [6, 6.07) is 24.3. The molecule has 0 unspecified atom stereocenters. The molecule has 0 atom stereocenters. The Morgan fingerprint density at radius 3 is 2.31 bits per heavy atom. The van der Waals surface area contributed by atoms with Gasteiger partial charge in [-0.05, 0) is 35.9 Å². The van der Waals surface area contributed by atoms with E-state index in [0.717, 1.165) is 5.56 Å². The molecule has 4 aromatic rings. The van der Waals surface area contributed by atoms with Crippen molar-refractivity contribution in [3.05, 3.63) is 112 Å². The van der Waals surface area contributed by atoms with Crippen molar-refractivity contribution in [1.29, 1.82) is 0 Å². The van der Waals surface area contributed by atoms with E-state index >= 15 is 0 Å². The molecular weight excluding hydrogens is 442 g/mol. The Kier molecular flexibility index (Phi) is 6.34. The molecule has 8 heteroatoms. The second kappa shape index (κ2) is 9.33. The number of hydrogen-bond acceptors (Lipinski definition) is 4. The van der Waals surface area contributed by atoms with Gasteiger partial charge in [0, 0.05) is 24.2 Å². The lowest BCUT2D eigenvalue weighted by Crippen LogP contribution is -2.30. The molecule has 32 heavy (non-hydrogen) atoms. The molecule has 0 aliphatic carbocycles. The lowest BCUT2D eigenvalue weighted by Gasteiger charge is -2.25. The first-order valence-corrected chi connectivity index (χ1v) is 12.2. The standard InChI is InChI=1S/C24H21N3O3S2/c1-26-15-16-31-24(26)25-23(28)20-11-8-14-22(17-20)32(29,30)27(21-12-6-3-7-13-21)18-19-9-4-2-5-10-19/h2-17H,18H2,1H3. The van der Waals surface area contributed by atoms with Crippen molar-refractivity contribution in [3.63, 3.8) is 0 Å². The highest BCUT2D eigenvalue weighted by Gasteiger charge is 2.26. The fraction of sp³-hybridized carbons (Fsp3) is 0.0833. The van der Waals surface area contributed by atoms with Gasteiger partial charge in [-0.15, -0.1) is 11.3 Å². The summed E-state index contributed by atoms with van der Waals surface area (Å²) < 4.78 is 30.4. The molecule has 1 amide bonds. The monoisotopic (exact) mass is 463 g/mol. The van der Waals surface area contributed by atoms with Crippen molar-refractivity contribution in [1.82, 2.24) is 4.57 Å². The summed E-state index contributed by atoms with van der Waals surface area (Å²) >= 11 is 1.33. The van der Waals surface area contributed by atoms with Crippen molar-refractivity contribution in [3.8, 4) is 0 Å². The number of carbonyl (C=O) groups is 1. The largest absolute Gasteiger partial charge is 0.327 e. The van der Waals surface area contributed by atoms with Crippen LogP contribution in [0.1, 0.15) is 15.9 Å². The van der Waals surface area contributed by atoms with Gasteiger partial charge < -0.3 is 4.57 Å². The predicted molar refractivity (Wildman–Crippen MR) is 126 cm³/mol. The van der Waals surface area contributed by atoms with Gasteiger partial charge in [-0.3, -0.25) is 9.10 Å². The molecule has 1 heterocycles. The normalized spacial score (nSPS) is 12.0. The summed E-state index contributed by atoms with van der Waals surface area (Å²) in [4.78, 5) is 17.4.